The summed E-state index contributed by atoms with van der Waals surface area (Å²) in [5.41, 5.74) is 2.20. The number of hydrogen-bond acceptors (Lipinski definition) is 4. The second-order valence-corrected chi connectivity index (χ2v) is 16.5. The van der Waals surface area contributed by atoms with E-state index < -0.39 is 8.32 Å². The van der Waals surface area contributed by atoms with E-state index in [9.17, 15) is 0 Å². The van der Waals surface area contributed by atoms with Gasteiger partial charge in [0.25, 0.3) is 0 Å². The summed E-state index contributed by atoms with van der Waals surface area (Å²) in [6.07, 6.45) is 0. The highest BCUT2D eigenvalue weighted by Crippen LogP contribution is 2.36. The molecule has 2 nitrogen and oxygen atoms in total. The fourth-order valence-electron chi connectivity index (χ4n) is 1.73. The Bertz CT molecular complexity index is 569. The summed E-state index contributed by atoms with van der Waals surface area (Å²) in [4.78, 5) is 1.30. The van der Waals surface area contributed by atoms with Crippen molar-refractivity contribution in [1.29, 1.82) is 0 Å². The van der Waals surface area contributed by atoms with Gasteiger partial charge in [-0.3, -0.25) is 0 Å². The lowest BCUT2D eigenvalue weighted by molar-refractivity contribution is 0.340. The average Bonchev–Trinajstić information content (AvgIpc) is 2.46. The molecule has 0 radical (unpaired) electrons. The molecule has 0 N–H and O–H groups in total. The lowest BCUT2D eigenvalue weighted by atomic mass is 10.1. The minimum absolute atomic E-state index is 0.0974. The lowest BCUT2D eigenvalue weighted by Gasteiger charge is -2.36. The molecule has 1 rings (SSSR count). The third-order valence-corrected chi connectivity index (χ3v) is 10.5. The van der Waals surface area contributed by atoms with Crippen LogP contribution in [0, 0.1) is 0 Å². The fourth-order valence-corrected chi connectivity index (χ4v) is 3.86. The molecule has 142 valence electrons. The molecule has 0 atom stereocenters. The predicted molar refractivity (Wildman–Crippen MR) is 120 cm³/mol. The molecule has 0 heterocycles. The zero-order valence-corrected chi connectivity index (χ0v) is 20.0. The molecule has 0 aliphatic heterocycles. The molecule has 0 aliphatic rings. The summed E-state index contributed by atoms with van der Waals surface area (Å²) in [5.74, 6) is 1.09. The molecule has 0 bridgehead atoms. The van der Waals surface area contributed by atoms with E-state index in [1.807, 2.05) is 11.8 Å². The van der Waals surface area contributed by atoms with Crippen LogP contribution in [0.2, 0.25) is 18.1 Å². The smallest absolute Gasteiger partial charge is 0.192 e. The third kappa shape index (κ3) is 7.89. The van der Waals surface area contributed by atoms with Crippen molar-refractivity contribution >= 4 is 37.7 Å². The quantitative estimate of drug-likeness (QED) is 0.213. The highest BCUT2D eigenvalue weighted by atomic mass is 32.2. The Hall–Kier alpha value is -0.233. The van der Waals surface area contributed by atoms with E-state index in [1.165, 1.54) is 4.90 Å². The Morgan fingerprint density at radius 3 is 2.04 bits per heavy atom. The first-order valence-electron chi connectivity index (χ1n) is 8.98. The summed E-state index contributed by atoms with van der Waals surface area (Å²) in [7, 11) is -1.79. The van der Waals surface area contributed by atoms with Crippen molar-refractivity contribution in [2.75, 3.05) is 12.4 Å². The third-order valence-electron chi connectivity index (χ3n) is 4.30. The zero-order chi connectivity index (χ0) is 19.3. The molecule has 1 aromatic carbocycles. The summed E-state index contributed by atoms with van der Waals surface area (Å²) in [6, 6.07) is 8.73. The Morgan fingerprint density at radius 1 is 1.04 bits per heavy atom. The molecular formula is C20H35NOS2Si. The van der Waals surface area contributed by atoms with Crippen molar-refractivity contribution < 1.29 is 4.43 Å². The van der Waals surface area contributed by atoms with Gasteiger partial charge >= 0.3 is 0 Å². The van der Waals surface area contributed by atoms with Gasteiger partial charge in [0.05, 0.1) is 12.3 Å². The monoisotopic (exact) mass is 397 g/mol. The van der Waals surface area contributed by atoms with Crippen LogP contribution in [-0.4, -0.2) is 31.1 Å². The SMILES string of the molecule is CCSc1ccc(C(CO[Si](C)(C)C(C)(C)C)=NSC(C)(C)C)cc1. The molecule has 0 fully saturated rings. The van der Waals surface area contributed by atoms with E-state index in [4.69, 9.17) is 8.82 Å². The van der Waals surface area contributed by atoms with Crippen LogP contribution in [0.25, 0.3) is 0 Å². The maximum Gasteiger partial charge on any atom is 0.192 e. The van der Waals surface area contributed by atoms with Crippen LogP contribution in [0.4, 0.5) is 0 Å². The van der Waals surface area contributed by atoms with Gasteiger partial charge in [-0.15, -0.1) is 11.8 Å². The van der Waals surface area contributed by atoms with Gasteiger partial charge in [-0.25, -0.2) is 4.40 Å². The molecule has 0 aliphatic carbocycles. The maximum absolute atomic E-state index is 6.44. The van der Waals surface area contributed by atoms with Crippen LogP contribution in [0.15, 0.2) is 33.6 Å². The average molecular weight is 398 g/mol. The molecule has 1 aromatic rings. The molecule has 25 heavy (non-hydrogen) atoms. The standard InChI is InChI=1S/C20H35NOS2Si/c1-10-23-17-13-11-16(12-14-17)18(21-24-19(2,3)4)15-22-25(8,9)20(5,6)7/h11-14H,10,15H2,1-9H3. The Kier molecular flexibility index (Phi) is 8.31. The first-order chi connectivity index (χ1) is 11.4. The highest BCUT2D eigenvalue weighted by molar-refractivity contribution is 7.99. The van der Waals surface area contributed by atoms with Crippen molar-refractivity contribution in [2.45, 2.75) is 76.2 Å². The largest absolute Gasteiger partial charge is 0.411 e. The fraction of sp³-hybridized carbons (Fsp3) is 0.650. The minimum atomic E-state index is -1.79. The summed E-state index contributed by atoms with van der Waals surface area (Å²) in [5, 5.41) is 0.205. The van der Waals surface area contributed by atoms with Crippen LogP contribution in [0.5, 0.6) is 0 Å². The zero-order valence-electron chi connectivity index (χ0n) is 17.4. The molecule has 0 amide bonds. The van der Waals surface area contributed by atoms with Crippen molar-refractivity contribution in [1.82, 2.24) is 0 Å². The molecular weight excluding hydrogens is 362 g/mol. The highest BCUT2D eigenvalue weighted by Gasteiger charge is 2.37. The van der Waals surface area contributed by atoms with E-state index in [0.29, 0.717) is 6.61 Å². The van der Waals surface area contributed by atoms with E-state index in [-0.39, 0.29) is 9.79 Å². The van der Waals surface area contributed by atoms with Gasteiger partial charge in [0.1, 0.15) is 0 Å². The van der Waals surface area contributed by atoms with Crippen LogP contribution >= 0.6 is 23.7 Å². The number of benzene rings is 1. The van der Waals surface area contributed by atoms with Gasteiger partial charge in [0, 0.05) is 9.64 Å². The number of nitrogens with zero attached hydrogens (tertiary/aromatic N) is 1. The van der Waals surface area contributed by atoms with Crippen LogP contribution in [-0.2, 0) is 4.43 Å². The Balaban J connectivity index is 3.01. The second-order valence-electron chi connectivity index (χ2n) is 8.75. The molecule has 0 saturated carbocycles. The summed E-state index contributed by atoms with van der Waals surface area (Å²) < 4.78 is 11.4. The Morgan fingerprint density at radius 2 is 1.60 bits per heavy atom. The first kappa shape index (κ1) is 22.8. The van der Waals surface area contributed by atoms with Gasteiger partial charge in [-0.05, 0) is 74.3 Å². The molecule has 0 saturated heterocycles. The van der Waals surface area contributed by atoms with Crippen molar-refractivity contribution in [3.8, 4) is 0 Å². The number of thioether (sulfide) groups is 1. The van der Waals surface area contributed by atoms with Crippen LogP contribution in [0.1, 0.15) is 54.0 Å². The summed E-state index contributed by atoms with van der Waals surface area (Å²) in [6.45, 7) is 20.7. The van der Waals surface area contributed by atoms with Gasteiger partial charge in [0.15, 0.2) is 8.32 Å². The van der Waals surface area contributed by atoms with Gasteiger partial charge in [-0.2, -0.15) is 0 Å². The van der Waals surface area contributed by atoms with Gasteiger partial charge in [0.2, 0.25) is 0 Å². The lowest BCUT2D eigenvalue weighted by Crippen LogP contribution is -2.42. The van der Waals surface area contributed by atoms with Crippen molar-refractivity contribution in [3.63, 3.8) is 0 Å². The second kappa shape index (κ2) is 9.11. The van der Waals surface area contributed by atoms with Crippen LogP contribution < -0.4 is 0 Å². The predicted octanol–water partition coefficient (Wildman–Crippen LogP) is 7.06. The van der Waals surface area contributed by atoms with E-state index in [2.05, 4.69) is 85.8 Å². The molecule has 5 heteroatoms. The Labute approximate surface area is 164 Å². The van der Waals surface area contributed by atoms with E-state index >= 15 is 0 Å². The van der Waals surface area contributed by atoms with E-state index in [0.717, 1.165) is 17.0 Å². The number of rotatable bonds is 7. The number of hydrogen-bond donors (Lipinski definition) is 0. The summed E-state index contributed by atoms with van der Waals surface area (Å²) >= 11 is 3.49. The topological polar surface area (TPSA) is 21.6 Å². The first-order valence-corrected chi connectivity index (χ1v) is 13.6. The van der Waals surface area contributed by atoms with Crippen molar-refractivity contribution in [3.05, 3.63) is 29.8 Å². The van der Waals surface area contributed by atoms with Crippen LogP contribution in [0.3, 0.4) is 0 Å². The van der Waals surface area contributed by atoms with Gasteiger partial charge in [-0.1, -0.05) is 39.8 Å². The molecule has 0 spiro atoms. The van der Waals surface area contributed by atoms with Crippen molar-refractivity contribution in [2.24, 2.45) is 4.40 Å². The van der Waals surface area contributed by atoms with Gasteiger partial charge < -0.3 is 4.43 Å². The maximum atomic E-state index is 6.44. The van der Waals surface area contributed by atoms with E-state index in [1.54, 1.807) is 11.9 Å². The molecule has 0 unspecified atom stereocenters. The minimum Gasteiger partial charge on any atom is -0.411 e. The normalized spacial score (nSPS) is 14.0. The molecule has 0 aromatic heterocycles.